The van der Waals surface area contributed by atoms with E-state index in [-0.39, 0.29) is 11.8 Å². The lowest BCUT2D eigenvalue weighted by atomic mass is 9.92. The van der Waals surface area contributed by atoms with E-state index in [0.717, 1.165) is 24.1 Å². The Morgan fingerprint density at radius 1 is 1.25 bits per heavy atom. The van der Waals surface area contributed by atoms with Gasteiger partial charge in [0.1, 0.15) is 0 Å². The zero-order chi connectivity index (χ0) is 20.3. The third-order valence-electron chi connectivity index (χ3n) is 4.74. The van der Waals surface area contributed by atoms with Gasteiger partial charge in [0.25, 0.3) is 10.2 Å². The molecule has 0 saturated carbocycles. The number of hydrogen-bond donors (Lipinski definition) is 1. The molecule has 1 amide bonds. The minimum Gasteiger partial charge on any atom is -0.326 e. The number of piperidine rings is 1. The summed E-state index contributed by atoms with van der Waals surface area (Å²) in [5, 5.41) is 2.77. The second kappa shape index (κ2) is 8.34. The molecule has 2 heterocycles. The fourth-order valence-electron chi connectivity index (χ4n) is 3.42. The molecule has 1 fully saturated rings. The molecule has 0 unspecified atom stereocenters. The molecule has 1 atom stereocenters. The Morgan fingerprint density at radius 3 is 2.71 bits per heavy atom. The molecule has 28 heavy (non-hydrogen) atoms. The first-order valence-corrected chi connectivity index (χ1v) is 10.5. The van der Waals surface area contributed by atoms with E-state index in [1.807, 2.05) is 24.3 Å². The van der Waals surface area contributed by atoms with Crippen molar-refractivity contribution < 1.29 is 13.2 Å². The normalized spacial score (nSPS) is 18.2. The van der Waals surface area contributed by atoms with Gasteiger partial charge in [0.2, 0.25) is 5.91 Å². The largest absolute Gasteiger partial charge is 0.326 e. The van der Waals surface area contributed by atoms with Crippen molar-refractivity contribution >= 4 is 21.8 Å². The molecule has 3 rings (SSSR count). The number of aromatic nitrogens is 2. The molecule has 0 spiro atoms. The van der Waals surface area contributed by atoms with Crippen molar-refractivity contribution in [3.63, 3.8) is 0 Å². The molecule has 1 aliphatic rings. The van der Waals surface area contributed by atoms with Crippen molar-refractivity contribution in [2.75, 3.05) is 32.5 Å². The van der Waals surface area contributed by atoms with E-state index >= 15 is 0 Å². The van der Waals surface area contributed by atoms with Crippen LogP contribution in [-0.4, -0.2) is 60.1 Å². The molecule has 1 aromatic carbocycles. The van der Waals surface area contributed by atoms with Gasteiger partial charge < -0.3 is 5.32 Å². The number of amides is 1. The lowest BCUT2D eigenvalue weighted by molar-refractivity contribution is -0.114. The Kier molecular flexibility index (Phi) is 6.07. The lowest BCUT2D eigenvalue weighted by Crippen LogP contribution is -2.45. The van der Waals surface area contributed by atoms with E-state index in [0.29, 0.717) is 24.5 Å². The molecule has 0 aliphatic carbocycles. The number of nitrogens with one attached hydrogen (secondary N) is 1. The van der Waals surface area contributed by atoms with Crippen LogP contribution in [0.5, 0.6) is 0 Å². The molecular weight excluding hydrogens is 378 g/mol. The number of anilines is 1. The van der Waals surface area contributed by atoms with Crippen LogP contribution in [0, 0.1) is 0 Å². The fraction of sp³-hybridized carbons (Fsp3) is 0.421. The van der Waals surface area contributed by atoms with Gasteiger partial charge in [-0.2, -0.15) is 17.0 Å². The first-order chi connectivity index (χ1) is 13.3. The van der Waals surface area contributed by atoms with Crippen molar-refractivity contribution in [1.29, 1.82) is 0 Å². The predicted molar refractivity (Wildman–Crippen MR) is 108 cm³/mol. The van der Waals surface area contributed by atoms with E-state index in [2.05, 4.69) is 15.3 Å². The van der Waals surface area contributed by atoms with Crippen LogP contribution in [0.2, 0.25) is 0 Å². The van der Waals surface area contributed by atoms with Gasteiger partial charge in [-0.1, -0.05) is 12.1 Å². The van der Waals surface area contributed by atoms with Crippen molar-refractivity contribution in [1.82, 2.24) is 18.6 Å². The van der Waals surface area contributed by atoms with Crippen LogP contribution in [-0.2, 0) is 15.0 Å². The van der Waals surface area contributed by atoms with Gasteiger partial charge in [-0.3, -0.25) is 14.8 Å². The molecule has 1 aromatic heterocycles. The summed E-state index contributed by atoms with van der Waals surface area (Å²) >= 11 is 0. The van der Waals surface area contributed by atoms with Crippen molar-refractivity contribution in [2.24, 2.45) is 0 Å². The summed E-state index contributed by atoms with van der Waals surface area (Å²) in [5.41, 5.74) is 3.01. The van der Waals surface area contributed by atoms with E-state index < -0.39 is 10.2 Å². The summed E-state index contributed by atoms with van der Waals surface area (Å²) in [6.07, 6.45) is 4.87. The summed E-state index contributed by atoms with van der Waals surface area (Å²) in [5.74, 6) is -0.190. The molecular formula is C19H25N5O3S. The Balaban J connectivity index is 1.94. The standard InChI is InChI=1S/C19H25N5O3S/c1-14(25)22-17-8-4-6-15(12-17)18-19(21-10-9-20-18)16-7-5-11-24(13-16)28(26,27)23(2)3/h4,6,8-10,12,16H,5,7,11,13H2,1-3H3,(H,22,25)/t16-/m1/s1. The molecule has 0 radical (unpaired) electrons. The van der Waals surface area contributed by atoms with E-state index in [1.54, 1.807) is 26.5 Å². The number of rotatable bonds is 5. The number of nitrogens with zero attached hydrogens (tertiary/aromatic N) is 4. The molecule has 2 aromatic rings. The van der Waals surface area contributed by atoms with Crippen LogP contribution in [0.4, 0.5) is 5.69 Å². The van der Waals surface area contributed by atoms with Gasteiger partial charge in [-0.15, -0.1) is 0 Å². The molecule has 1 saturated heterocycles. The molecule has 1 aliphatic heterocycles. The molecule has 8 nitrogen and oxygen atoms in total. The number of hydrogen-bond acceptors (Lipinski definition) is 5. The highest BCUT2D eigenvalue weighted by Crippen LogP contribution is 2.33. The number of carbonyl (C=O) groups is 1. The zero-order valence-corrected chi connectivity index (χ0v) is 17.1. The van der Waals surface area contributed by atoms with Gasteiger partial charge in [-0.25, -0.2) is 0 Å². The van der Waals surface area contributed by atoms with Crippen LogP contribution in [0.1, 0.15) is 31.4 Å². The summed E-state index contributed by atoms with van der Waals surface area (Å²) < 4.78 is 27.8. The van der Waals surface area contributed by atoms with Crippen LogP contribution in [0.3, 0.4) is 0 Å². The van der Waals surface area contributed by atoms with Crippen LogP contribution in [0.25, 0.3) is 11.3 Å². The Labute approximate surface area is 165 Å². The second-order valence-electron chi connectivity index (χ2n) is 7.04. The monoisotopic (exact) mass is 403 g/mol. The van der Waals surface area contributed by atoms with E-state index in [4.69, 9.17) is 0 Å². The summed E-state index contributed by atoms with van der Waals surface area (Å²) in [4.78, 5) is 20.4. The predicted octanol–water partition coefficient (Wildman–Crippen LogP) is 2.09. The lowest BCUT2D eigenvalue weighted by Gasteiger charge is -2.33. The third kappa shape index (κ3) is 4.37. The minimum absolute atomic E-state index is 0.0448. The highest BCUT2D eigenvalue weighted by molar-refractivity contribution is 7.86. The first kappa shape index (κ1) is 20.4. The molecule has 1 N–H and O–H groups in total. The summed E-state index contributed by atoms with van der Waals surface area (Å²) in [6.45, 7) is 2.34. The number of carbonyl (C=O) groups excluding carboxylic acids is 1. The Hall–Kier alpha value is -2.36. The second-order valence-corrected chi connectivity index (χ2v) is 9.18. The average molecular weight is 404 g/mol. The highest BCUT2D eigenvalue weighted by Gasteiger charge is 2.32. The Morgan fingerprint density at radius 2 is 2.00 bits per heavy atom. The SMILES string of the molecule is CC(=O)Nc1cccc(-c2nccnc2[C@@H]2CCCN(S(=O)(=O)N(C)C)C2)c1. The summed E-state index contributed by atoms with van der Waals surface area (Å²) in [6, 6.07) is 7.43. The van der Waals surface area contributed by atoms with Crippen molar-refractivity contribution in [2.45, 2.75) is 25.7 Å². The third-order valence-corrected chi connectivity index (χ3v) is 6.65. The Bertz CT molecular complexity index is 962. The van der Waals surface area contributed by atoms with Crippen LogP contribution in [0.15, 0.2) is 36.7 Å². The van der Waals surface area contributed by atoms with Gasteiger partial charge in [0.05, 0.1) is 11.4 Å². The first-order valence-electron chi connectivity index (χ1n) is 9.15. The molecule has 0 bridgehead atoms. The zero-order valence-electron chi connectivity index (χ0n) is 16.3. The van der Waals surface area contributed by atoms with E-state index in [1.165, 1.54) is 15.5 Å². The quantitative estimate of drug-likeness (QED) is 0.825. The maximum Gasteiger partial charge on any atom is 0.281 e. The van der Waals surface area contributed by atoms with Gasteiger partial charge in [-0.05, 0) is 25.0 Å². The van der Waals surface area contributed by atoms with Crippen LogP contribution < -0.4 is 5.32 Å². The minimum atomic E-state index is -3.47. The highest BCUT2D eigenvalue weighted by atomic mass is 32.2. The average Bonchev–Trinajstić information content (AvgIpc) is 2.67. The number of benzene rings is 1. The van der Waals surface area contributed by atoms with Crippen molar-refractivity contribution in [3.8, 4) is 11.3 Å². The van der Waals surface area contributed by atoms with E-state index in [9.17, 15) is 13.2 Å². The fourth-order valence-corrected chi connectivity index (χ4v) is 4.61. The smallest absolute Gasteiger partial charge is 0.281 e. The summed E-state index contributed by atoms with van der Waals surface area (Å²) in [7, 11) is -0.384. The van der Waals surface area contributed by atoms with Crippen LogP contribution >= 0.6 is 0 Å². The topological polar surface area (TPSA) is 95.5 Å². The maximum atomic E-state index is 12.5. The van der Waals surface area contributed by atoms with Gasteiger partial charge >= 0.3 is 0 Å². The van der Waals surface area contributed by atoms with Gasteiger partial charge in [0.15, 0.2) is 0 Å². The van der Waals surface area contributed by atoms with Crippen molar-refractivity contribution in [3.05, 3.63) is 42.4 Å². The maximum absolute atomic E-state index is 12.5. The van der Waals surface area contributed by atoms with Gasteiger partial charge in [0, 0.05) is 63.7 Å². The molecule has 150 valence electrons. The molecule has 9 heteroatoms.